The Hall–Kier alpha value is -1.53. The van der Waals surface area contributed by atoms with Crippen molar-refractivity contribution >= 4 is 5.91 Å². The molecule has 2 rings (SSSR count). The molecule has 0 aliphatic carbocycles. The van der Waals surface area contributed by atoms with E-state index in [9.17, 15) is 18.0 Å². The zero-order valence-corrected chi connectivity index (χ0v) is 11.8. The number of carbonyl (C=O) groups is 1. The smallest absolute Gasteiger partial charge is 0.339 e. The van der Waals surface area contributed by atoms with Gasteiger partial charge in [-0.1, -0.05) is 0 Å². The molecule has 1 aromatic heterocycles. The fourth-order valence-electron chi connectivity index (χ4n) is 2.55. The Kier molecular flexibility index (Phi) is 3.80. The van der Waals surface area contributed by atoms with Gasteiger partial charge in [0.15, 0.2) is 5.69 Å². The van der Waals surface area contributed by atoms with E-state index in [0.717, 1.165) is 12.8 Å². The number of amides is 1. The van der Waals surface area contributed by atoms with Gasteiger partial charge in [0.2, 0.25) is 0 Å². The maximum absolute atomic E-state index is 13.1. The molecule has 1 fully saturated rings. The summed E-state index contributed by atoms with van der Waals surface area (Å²) in [5.74, 6) is -0.556. The number of rotatable bonds is 2. The molecule has 20 heavy (non-hydrogen) atoms. The first kappa shape index (κ1) is 14.9. The second-order valence-corrected chi connectivity index (χ2v) is 5.34. The monoisotopic (exact) mass is 289 g/mol. The van der Waals surface area contributed by atoms with Crippen molar-refractivity contribution in [2.24, 2.45) is 0 Å². The van der Waals surface area contributed by atoms with E-state index in [-0.39, 0.29) is 17.3 Å². The minimum Gasteiger partial charge on any atom is -0.339 e. The molecule has 0 aromatic carbocycles. The highest BCUT2D eigenvalue weighted by atomic mass is 19.4. The highest BCUT2D eigenvalue weighted by Crippen LogP contribution is 2.34. The van der Waals surface area contributed by atoms with Crippen LogP contribution < -0.4 is 0 Å². The topological polar surface area (TPSA) is 38.1 Å². The predicted octanol–water partition coefficient (Wildman–Crippen LogP) is 3.03. The minimum atomic E-state index is -4.62. The molecule has 1 amide bonds. The van der Waals surface area contributed by atoms with Crippen molar-refractivity contribution in [3.8, 4) is 0 Å². The van der Waals surface area contributed by atoms with Crippen LogP contribution >= 0.6 is 0 Å². The van der Waals surface area contributed by atoms with Crippen molar-refractivity contribution in [2.45, 2.75) is 45.8 Å². The number of hydrogen-bond acceptors (Lipinski definition) is 2. The van der Waals surface area contributed by atoms with Crippen LogP contribution in [0.3, 0.4) is 0 Å². The normalized spacial score (nSPS) is 16.2. The fraction of sp³-hybridized carbons (Fsp3) is 0.692. The van der Waals surface area contributed by atoms with Crippen LogP contribution in [-0.4, -0.2) is 33.7 Å². The molecule has 0 atom stereocenters. The Morgan fingerprint density at radius 1 is 1.25 bits per heavy atom. The van der Waals surface area contributed by atoms with E-state index in [1.807, 2.05) is 0 Å². The zero-order valence-electron chi connectivity index (χ0n) is 11.8. The summed E-state index contributed by atoms with van der Waals surface area (Å²) in [5.41, 5.74) is -1.09. The number of carbonyl (C=O) groups excluding carboxylic acids is 1. The molecular formula is C13H18F3N3O. The fourth-order valence-corrected chi connectivity index (χ4v) is 2.55. The zero-order chi connectivity index (χ0) is 15.1. The molecule has 0 saturated carbocycles. The molecule has 0 unspecified atom stereocenters. The standard InChI is InChI=1S/C13H18F3N3O/c1-8(2)19-9(3)10(11(17-19)13(14,15)16)12(20)18-6-4-5-7-18/h8H,4-7H2,1-3H3. The van der Waals surface area contributed by atoms with E-state index in [1.165, 1.54) is 16.5 Å². The van der Waals surface area contributed by atoms with Gasteiger partial charge in [-0.25, -0.2) is 0 Å². The average Bonchev–Trinajstić information content (AvgIpc) is 2.93. The van der Waals surface area contributed by atoms with Crippen LogP contribution in [0.2, 0.25) is 0 Å². The van der Waals surface area contributed by atoms with Gasteiger partial charge in [0.05, 0.1) is 5.56 Å². The van der Waals surface area contributed by atoms with Gasteiger partial charge >= 0.3 is 6.18 Å². The maximum Gasteiger partial charge on any atom is 0.435 e. The van der Waals surface area contributed by atoms with E-state index in [4.69, 9.17) is 0 Å². The molecule has 7 heteroatoms. The van der Waals surface area contributed by atoms with Gasteiger partial charge < -0.3 is 4.90 Å². The Balaban J connectivity index is 2.51. The molecular weight excluding hydrogens is 271 g/mol. The Morgan fingerprint density at radius 2 is 1.80 bits per heavy atom. The molecule has 1 aromatic rings. The summed E-state index contributed by atoms with van der Waals surface area (Å²) in [6.07, 6.45) is -2.94. The third-order valence-electron chi connectivity index (χ3n) is 3.51. The first-order valence-corrected chi connectivity index (χ1v) is 6.69. The van der Waals surface area contributed by atoms with Crippen molar-refractivity contribution in [3.05, 3.63) is 17.0 Å². The van der Waals surface area contributed by atoms with Crippen LogP contribution in [0.4, 0.5) is 13.2 Å². The lowest BCUT2D eigenvalue weighted by molar-refractivity contribution is -0.141. The predicted molar refractivity (Wildman–Crippen MR) is 67.5 cm³/mol. The third-order valence-corrected chi connectivity index (χ3v) is 3.51. The lowest BCUT2D eigenvalue weighted by atomic mass is 10.1. The van der Waals surface area contributed by atoms with Crippen LogP contribution in [0, 0.1) is 6.92 Å². The number of halogens is 3. The number of likely N-dealkylation sites (tertiary alicyclic amines) is 1. The largest absolute Gasteiger partial charge is 0.435 e. The number of aromatic nitrogens is 2. The number of alkyl halides is 3. The van der Waals surface area contributed by atoms with Crippen molar-refractivity contribution in [1.29, 1.82) is 0 Å². The van der Waals surface area contributed by atoms with E-state index >= 15 is 0 Å². The molecule has 0 spiro atoms. The van der Waals surface area contributed by atoms with Gasteiger partial charge in [-0.15, -0.1) is 0 Å². The average molecular weight is 289 g/mol. The number of nitrogens with zero attached hydrogens (tertiary/aromatic N) is 3. The molecule has 112 valence electrons. The third kappa shape index (κ3) is 2.53. The van der Waals surface area contributed by atoms with Crippen LogP contribution in [0.15, 0.2) is 0 Å². The van der Waals surface area contributed by atoms with Crippen molar-refractivity contribution in [1.82, 2.24) is 14.7 Å². The molecule has 1 saturated heterocycles. The number of hydrogen-bond donors (Lipinski definition) is 0. The molecule has 0 bridgehead atoms. The van der Waals surface area contributed by atoms with Crippen molar-refractivity contribution < 1.29 is 18.0 Å². The van der Waals surface area contributed by atoms with Crippen molar-refractivity contribution in [3.63, 3.8) is 0 Å². The van der Waals surface area contributed by atoms with Crippen molar-refractivity contribution in [2.75, 3.05) is 13.1 Å². The van der Waals surface area contributed by atoms with Gasteiger partial charge in [-0.3, -0.25) is 9.48 Å². The maximum atomic E-state index is 13.1. The summed E-state index contributed by atoms with van der Waals surface area (Å²) in [6.45, 7) is 6.03. The highest BCUT2D eigenvalue weighted by Gasteiger charge is 2.42. The lowest BCUT2D eigenvalue weighted by Gasteiger charge is -2.16. The summed E-state index contributed by atoms with van der Waals surface area (Å²) in [7, 11) is 0. The first-order chi connectivity index (χ1) is 9.23. The SMILES string of the molecule is Cc1c(C(=O)N2CCCC2)c(C(F)(F)F)nn1C(C)C. The second-order valence-electron chi connectivity index (χ2n) is 5.34. The first-order valence-electron chi connectivity index (χ1n) is 6.69. The van der Waals surface area contributed by atoms with Gasteiger partial charge in [0.1, 0.15) is 0 Å². The van der Waals surface area contributed by atoms with E-state index in [1.54, 1.807) is 13.8 Å². The lowest BCUT2D eigenvalue weighted by Crippen LogP contribution is -2.30. The molecule has 0 N–H and O–H groups in total. The van der Waals surface area contributed by atoms with Crippen LogP contribution in [0.5, 0.6) is 0 Å². The van der Waals surface area contributed by atoms with Crippen LogP contribution in [0.1, 0.15) is 54.5 Å². The Labute approximate surface area is 115 Å². The van der Waals surface area contributed by atoms with E-state index in [0.29, 0.717) is 13.1 Å². The van der Waals surface area contributed by atoms with Gasteiger partial charge in [-0.2, -0.15) is 18.3 Å². The van der Waals surface area contributed by atoms with Gasteiger partial charge in [0, 0.05) is 24.8 Å². The molecule has 0 radical (unpaired) electrons. The Morgan fingerprint density at radius 3 is 2.25 bits per heavy atom. The van der Waals surface area contributed by atoms with Crippen LogP contribution in [-0.2, 0) is 6.18 Å². The summed E-state index contributed by atoms with van der Waals surface area (Å²) < 4.78 is 40.6. The highest BCUT2D eigenvalue weighted by molar-refractivity contribution is 5.96. The van der Waals surface area contributed by atoms with Crippen LogP contribution in [0.25, 0.3) is 0 Å². The minimum absolute atomic E-state index is 0.226. The summed E-state index contributed by atoms with van der Waals surface area (Å²) >= 11 is 0. The van der Waals surface area contributed by atoms with E-state index in [2.05, 4.69) is 5.10 Å². The molecule has 1 aliphatic rings. The summed E-state index contributed by atoms with van der Waals surface area (Å²) in [4.78, 5) is 13.8. The molecule has 4 nitrogen and oxygen atoms in total. The van der Waals surface area contributed by atoms with Gasteiger partial charge in [-0.05, 0) is 33.6 Å². The Bertz CT molecular complexity index is 514. The molecule has 1 aliphatic heterocycles. The summed E-state index contributed by atoms with van der Waals surface area (Å²) in [6, 6.07) is -0.226. The molecule has 2 heterocycles. The summed E-state index contributed by atoms with van der Waals surface area (Å²) in [5, 5.41) is 3.62. The van der Waals surface area contributed by atoms with Gasteiger partial charge in [0.25, 0.3) is 5.91 Å². The van der Waals surface area contributed by atoms with E-state index < -0.39 is 17.8 Å². The second kappa shape index (κ2) is 5.10. The quantitative estimate of drug-likeness (QED) is 0.839.